The molecule has 1 saturated carbocycles. The van der Waals surface area contributed by atoms with Crippen molar-refractivity contribution in [1.82, 2.24) is 9.55 Å². The van der Waals surface area contributed by atoms with Gasteiger partial charge in [-0.15, -0.1) is 0 Å². The smallest absolute Gasteiger partial charge is 0.330 e. The Bertz CT molecular complexity index is 871. The van der Waals surface area contributed by atoms with Crippen molar-refractivity contribution >= 4 is 35.2 Å². The summed E-state index contributed by atoms with van der Waals surface area (Å²) in [7, 11) is 1.33. The predicted molar refractivity (Wildman–Crippen MR) is 111 cm³/mol. The minimum absolute atomic E-state index is 0.324. The highest BCUT2D eigenvalue weighted by molar-refractivity contribution is 6.31. The van der Waals surface area contributed by atoms with Crippen LogP contribution in [0.5, 0.6) is 5.75 Å². The Labute approximate surface area is 175 Å². The Morgan fingerprint density at radius 2 is 2.07 bits per heavy atom. The molecule has 1 aromatic carbocycles. The van der Waals surface area contributed by atoms with Crippen LogP contribution in [0.1, 0.15) is 42.8 Å². The molecule has 0 amide bonds. The van der Waals surface area contributed by atoms with Crippen LogP contribution in [0.2, 0.25) is 10.2 Å². The number of carbonyl (C=O) groups is 1. The summed E-state index contributed by atoms with van der Waals surface area (Å²) < 4.78 is 12.5. The monoisotopic (exact) mass is 422 g/mol. The lowest BCUT2D eigenvalue weighted by molar-refractivity contribution is -0.134. The Balaban J connectivity index is 1.74. The highest BCUT2D eigenvalue weighted by atomic mass is 35.5. The predicted octanol–water partition coefficient (Wildman–Crippen LogP) is 5.30. The van der Waals surface area contributed by atoms with Gasteiger partial charge in [-0.2, -0.15) is 0 Å². The zero-order chi connectivity index (χ0) is 20.1. The first-order valence-corrected chi connectivity index (χ1v) is 10.1. The summed E-state index contributed by atoms with van der Waals surface area (Å²) in [4.78, 5) is 15.7. The molecule has 1 aliphatic carbocycles. The van der Waals surface area contributed by atoms with E-state index >= 15 is 0 Å². The molecule has 1 aliphatic rings. The zero-order valence-electron chi connectivity index (χ0n) is 16.1. The third-order valence-corrected chi connectivity index (χ3v) is 5.67. The summed E-state index contributed by atoms with van der Waals surface area (Å²) in [6, 6.07) is 5.74. The second kappa shape index (κ2) is 9.48. The number of hydrogen-bond acceptors (Lipinski definition) is 4. The van der Waals surface area contributed by atoms with Gasteiger partial charge < -0.3 is 14.0 Å². The molecule has 0 radical (unpaired) electrons. The third-order valence-electron chi connectivity index (χ3n) is 5.04. The van der Waals surface area contributed by atoms with Gasteiger partial charge in [0.05, 0.1) is 26.0 Å². The number of aryl methyl sites for hydroxylation is 1. The van der Waals surface area contributed by atoms with Gasteiger partial charge >= 0.3 is 5.97 Å². The van der Waals surface area contributed by atoms with Crippen molar-refractivity contribution in [2.24, 2.45) is 5.92 Å². The fraction of sp³-hybridized carbons (Fsp3) is 0.429. The van der Waals surface area contributed by atoms with E-state index < -0.39 is 5.97 Å². The summed E-state index contributed by atoms with van der Waals surface area (Å²) in [6.07, 6.45) is 8.00. The highest BCUT2D eigenvalue weighted by Crippen LogP contribution is 2.29. The van der Waals surface area contributed by atoms with E-state index in [0.29, 0.717) is 28.3 Å². The van der Waals surface area contributed by atoms with E-state index in [2.05, 4.69) is 9.72 Å². The quantitative estimate of drug-likeness (QED) is 0.448. The lowest BCUT2D eigenvalue weighted by atomic mass is 10.1. The van der Waals surface area contributed by atoms with E-state index in [-0.39, 0.29) is 0 Å². The fourth-order valence-corrected chi connectivity index (χ4v) is 3.94. The van der Waals surface area contributed by atoms with Crippen LogP contribution in [0.25, 0.3) is 6.08 Å². The molecule has 0 atom stereocenters. The van der Waals surface area contributed by atoms with Crippen LogP contribution >= 0.6 is 23.2 Å². The second-order valence-corrected chi connectivity index (χ2v) is 7.76. The molecule has 0 saturated heterocycles. The van der Waals surface area contributed by atoms with Crippen molar-refractivity contribution in [3.05, 3.63) is 51.5 Å². The average Bonchev–Trinajstić information content (AvgIpc) is 3.28. The average molecular weight is 423 g/mol. The molecule has 3 rings (SSSR count). The molecule has 0 N–H and O–H groups in total. The highest BCUT2D eigenvalue weighted by Gasteiger charge is 2.16. The van der Waals surface area contributed by atoms with Crippen molar-refractivity contribution in [3.8, 4) is 5.75 Å². The Hall–Kier alpha value is -1.98. The van der Waals surface area contributed by atoms with Gasteiger partial charge in [0.1, 0.15) is 11.6 Å². The number of esters is 1. The minimum atomic E-state index is -0.455. The molecule has 0 unspecified atom stereocenters. The van der Waals surface area contributed by atoms with Crippen molar-refractivity contribution in [2.75, 3.05) is 13.7 Å². The van der Waals surface area contributed by atoms with Crippen molar-refractivity contribution in [3.63, 3.8) is 0 Å². The SMILES string of the molecule is COC(=O)/C=C/c1c(Cl)nc(C)n1Cc1ccc(OCC2CCCC2)cc1Cl. The van der Waals surface area contributed by atoms with Crippen LogP contribution in [0.15, 0.2) is 24.3 Å². The normalized spacial score (nSPS) is 14.7. The molecule has 7 heteroatoms. The maximum absolute atomic E-state index is 11.4. The van der Waals surface area contributed by atoms with Crippen LogP contribution in [0.3, 0.4) is 0 Å². The molecule has 28 heavy (non-hydrogen) atoms. The first-order chi connectivity index (χ1) is 13.5. The van der Waals surface area contributed by atoms with E-state index in [9.17, 15) is 4.79 Å². The summed E-state index contributed by atoms with van der Waals surface area (Å²) in [5.41, 5.74) is 1.54. The van der Waals surface area contributed by atoms with Gasteiger partial charge in [0, 0.05) is 11.1 Å². The maximum atomic E-state index is 11.4. The summed E-state index contributed by atoms with van der Waals surface area (Å²) in [5.74, 6) is 1.71. The molecule has 150 valence electrons. The minimum Gasteiger partial charge on any atom is -0.493 e. The molecular formula is C21H24Cl2N2O3. The largest absolute Gasteiger partial charge is 0.493 e. The zero-order valence-corrected chi connectivity index (χ0v) is 17.6. The second-order valence-electron chi connectivity index (χ2n) is 6.99. The number of imidazole rings is 1. The number of halogens is 2. The first-order valence-electron chi connectivity index (χ1n) is 9.37. The number of nitrogens with zero attached hydrogens (tertiary/aromatic N) is 2. The number of carbonyl (C=O) groups excluding carboxylic acids is 1. The van der Waals surface area contributed by atoms with Crippen molar-refractivity contribution in [1.29, 1.82) is 0 Å². The summed E-state index contributed by atoms with van der Waals surface area (Å²) in [6.45, 7) is 3.08. The molecule has 0 bridgehead atoms. The number of methoxy groups -OCH3 is 1. The molecule has 0 aliphatic heterocycles. The summed E-state index contributed by atoms with van der Waals surface area (Å²) >= 11 is 12.7. The standard InChI is InChI=1S/C21H24Cl2N2O3/c1-14-24-21(23)19(9-10-20(26)27-2)25(14)12-16-7-8-17(11-18(16)22)28-13-15-5-3-4-6-15/h7-11,15H,3-6,12-13H2,1-2H3/b10-9+. The van der Waals surface area contributed by atoms with E-state index in [4.69, 9.17) is 27.9 Å². The van der Waals surface area contributed by atoms with Crippen LogP contribution in [0.4, 0.5) is 0 Å². The van der Waals surface area contributed by atoms with E-state index in [0.717, 1.165) is 23.7 Å². The molecular weight excluding hydrogens is 399 g/mol. The number of hydrogen-bond donors (Lipinski definition) is 0. The molecule has 1 fully saturated rings. The van der Waals surface area contributed by atoms with Crippen LogP contribution in [0, 0.1) is 12.8 Å². The van der Waals surface area contributed by atoms with Gasteiger partial charge in [-0.1, -0.05) is 42.1 Å². The van der Waals surface area contributed by atoms with Gasteiger partial charge in [0.2, 0.25) is 0 Å². The van der Waals surface area contributed by atoms with Gasteiger partial charge in [-0.3, -0.25) is 0 Å². The lowest BCUT2D eigenvalue weighted by Gasteiger charge is -2.14. The maximum Gasteiger partial charge on any atom is 0.330 e. The fourth-order valence-electron chi connectivity index (χ4n) is 3.43. The van der Waals surface area contributed by atoms with Crippen LogP contribution in [-0.4, -0.2) is 29.2 Å². The molecule has 1 aromatic heterocycles. The van der Waals surface area contributed by atoms with Crippen molar-refractivity contribution < 1.29 is 14.3 Å². The van der Waals surface area contributed by atoms with E-state index in [1.54, 1.807) is 6.08 Å². The van der Waals surface area contributed by atoms with Gasteiger partial charge in [0.25, 0.3) is 0 Å². The molecule has 0 spiro atoms. The molecule has 5 nitrogen and oxygen atoms in total. The van der Waals surface area contributed by atoms with Crippen LogP contribution in [-0.2, 0) is 16.1 Å². The summed E-state index contributed by atoms with van der Waals surface area (Å²) in [5, 5.41) is 0.946. The van der Waals surface area contributed by atoms with E-state index in [1.807, 2.05) is 29.7 Å². The first kappa shape index (κ1) is 20.7. The van der Waals surface area contributed by atoms with Gasteiger partial charge in [-0.25, -0.2) is 9.78 Å². The Morgan fingerprint density at radius 3 is 2.75 bits per heavy atom. The Morgan fingerprint density at radius 1 is 1.32 bits per heavy atom. The number of aromatic nitrogens is 2. The number of ether oxygens (including phenoxy) is 2. The number of rotatable bonds is 7. The Kier molecular flexibility index (Phi) is 7.03. The van der Waals surface area contributed by atoms with Crippen molar-refractivity contribution in [2.45, 2.75) is 39.2 Å². The molecule has 2 aromatic rings. The van der Waals surface area contributed by atoms with Gasteiger partial charge in [-0.05, 0) is 49.5 Å². The van der Waals surface area contributed by atoms with E-state index in [1.165, 1.54) is 38.9 Å². The number of benzene rings is 1. The van der Waals surface area contributed by atoms with Gasteiger partial charge in [0.15, 0.2) is 5.15 Å². The molecule has 1 heterocycles. The third kappa shape index (κ3) is 5.09. The van der Waals surface area contributed by atoms with Crippen LogP contribution < -0.4 is 4.74 Å². The lowest BCUT2D eigenvalue weighted by Crippen LogP contribution is -2.08. The topological polar surface area (TPSA) is 53.3 Å².